The molecule has 180 valence electrons. The Morgan fingerprint density at radius 1 is 0.971 bits per heavy atom. The second-order valence-corrected chi connectivity index (χ2v) is 8.85. The lowest BCUT2D eigenvalue weighted by atomic mass is 9.73. The second-order valence-electron chi connectivity index (χ2n) is 8.85. The number of likely N-dealkylation sites (N-methyl/N-ethyl adjacent to an activating group) is 1. The van der Waals surface area contributed by atoms with Crippen molar-refractivity contribution in [1.82, 2.24) is 5.32 Å². The molecule has 9 heteroatoms. The van der Waals surface area contributed by atoms with Crippen molar-refractivity contribution < 1.29 is 33.4 Å². The summed E-state index contributed by atoms with van der Waals surface area (Å²) in [7, 11) is 3.93. The van der Waals surface area contributed by atoms with Crippen molar-refractivity contribution in [3.05, 3.63) is 65.2 Å². The second kappa shape index (κ2) is 9.17. The Labute approximate surface area is 198 Å². The van der Waals surface area contributed by atoms with Crippen molar-refractivity contribution >= 4 is 29.6 Å². The average Bonchev–Trinajstić information content (AvgIpc) is 3.00. The molecule has 1 aliphatic rings. The van der Waals surface area contributed by atoms with Gasteiger partial charge in [0, 0.05) is 18.3 Å². The molecule has 2 amide bonds. The fourth-order valence-electron chi connectivity index (χ4n) is 4.22. The van der Waals surface area contributed by atoms with E-state index in [4.69, 9.17) is 14.2 Å². The van der Waals surface area contributed by atoms with Crippen molar-refractivity contribution in [2.75, 3.05) is 26.2 Å². The molecule has 34 heavy (non-hydrogen) atoms. The first-order valence-electron chi connectivity index (χ1n) is 10.6. The maximum Gasteiger partial charge on any atom is 0.408 e. The number of hydrogen-bond donors (Lipinski definition) is 1. The van der Waals surface area contributed by atoms with Gasteiger partial charge < -0.3 is 24.4 Å². The summed E-state index contributed by atoms with van der Waals surface area (Å²) in [6.45, 7) is 5.04. The van der Waals surface area contributed by atoms with Gasteiger partial charge in [0.25, 0.3) is 5.91 Å². The van der Waals surface area contributed by atoms with E-state index in [0.717, 1.165) is 0 Å². The van der Waals surface area contributed by atoms with Gasteiger partial charge in [0.05, 0.1) is 19.8 Å². The summed E-state index contributed by atoms with van der Waals surface area (Å²) in [6.07, 6.45) is -0.907. The molecule has 0 radical (unpaired) electrons. The number of carbonyl (C=O) groups is 4. The van der Waals surface area contributed by atoms with Gasteiger partial charge in [-0.15, -0.1) is 0 Å². The Morgan fingerprint density at radius 3 is 2.21 bits per heavy atom. The standard InChI is InChI=1S/C25H28N2O7/c1-24(2,3)34-23(31)26-25(17-13-9-10-14-18(17)27(4)22(25)30)19(21(29)33-6)15-11-7-8-12-16(15)20(28)32-5/h7-14,19H,1-6H3,(H,26,31)/t19-,25-/m0/s1. The lowest BCUT2D eigenvalue weighted by Gasteiger charge is -2.36. The predicted molar refractivity (Wildman–Crippen MR) is 123 cm³/mol. The Kier molecular flexibility index (Phi) is 6.67. The normalized spacial score (nSPS) is 18.1. The number of fused-ring (bicyclic) bond motifs is 1. The van der Waals surface area contributed by atoms with Crippen LogP contribution in [0, 0.1) is 0 Å². The molecule has 0 spiro atoms. The number of rotatable bonds is 5. The molecule has 2 aromatic carbocycles. The van der Waals surface area contributed by atoms with Gasteiger partial charge in [-0.1, -0.05) is 36.4 Å². The number of para-hydroxylation sites is 1. The van der Waals surface area contributed by atoms with Crippen LogP contribution in [0.15, 0.2) is 48.5 Å². The number of hydrogen-bond acceptors (Lipinski definition) is 7. The molecule has 0 aromatic heterocycles. The SMILES string of the molecule is COC(=O)c1ccccc1[C@@H](C(=O)OC)[C@]1(NC(=O)OC(C)(C)C)C(=O)N(C)c2ccccc21. The molecule has 2 atom stereocenters. The molecule has 0 unspecified atom stereocenters. The van der Waals surface area contributed by atoms with Gasteiger partial charge in [-0.05, 0) is 38.5 Å². The first kappa shape index (κ1) is 24.8. The first-order valence-corrected chi connectivity index (χ1v) is 10.6. The minimum Gasteiger partial charge on any atom is -0.468 e. The van der Waals surface area contributed by atoms with Gasteiger partial charge in [-0.3, -0.25) is 9.59 Å². The Hall–Kier alpha value is -3.88. The summed E-state index contributed by atoms with van der Waals surface area (Å²) in [5.74, 6) is -3.55. The zero-order valence-electron chi connectivity index (χ0n) is 20.0. The number of anilines is 1. The topological polar surface area (TPSA) is 111 Å². The predicted octanol–water partition coefficient (Wildman–Crippen LogP) is 3.13. The van der Waals surface area contributed by atoms with Crippen LogP contribution in [-0.2, 0) is 29.3 Å². The number of alkyl carbamates (subject to hydrolysis) is 1. The number of amides is 2. The zero-order chi connectivity index (χ0) is 25.3. The monoisotopic (exact) mass is 468 g/mol. The number of carbonyl (C=O) groups excluding carboxylic acids is 4. The lowest BCUT2D eigenvalue weighted by molar-refractivity contribution is -0.147. The van der Waals surface area contributed by atoms with Crippen molar-refractivity contribution in [2.24, 2.45) is 0 Å². The highest BCUT2D eigenvalue weighted by atomic mass is 16.6. The van der Waals surface area contributed by atoms with Gasteiger partial charge in [0.15, 0.2) is 5.54 Å². The number of methoxy groups -OCH3 is 2. The van der Waals surface area contributed by atoms with Crippen LogP contribution >= 0.6 is 0 Å². The van der Waals surface area contributed by atoms with Crippen molar-refractivity contribution in [2.45, 2.75) is 37.8 Å². The van der Waals surface area contributed by atoms with E-state index >= 15 is 0 Å². The Balaban J connectivity index is 2.35. The summed E-state index contributed by atoms with van der Waals surface area (Å²) in [6, 6.07) is 13.0. The molecule has 2 aromatic rings. The summed E-state index contributed by atoms with van der Waals surface area (Å²) >= 11 is 0. The summed E-state index contributed by atoms with van der Waals surface area (Å²) in [5.41, 5.74) is -1.74. The molecule has 0 saturated heterocycles. The third-order valence-corrected chi connectivity index (χ3v) is 5.58. The number of nitrogens with zero attached hydrogens (tertiary/aromatic N) is 1. The van der Waals surface area contributed by atoms with Crippen LogP contribution < -0.4 is 10.2 Å². The Morgan fingerprint density at radius 2 is 1.59 bits per heavy atom. The molecule has 0 aliphatic carbocycles. The average molecular weight is 469 g/mol. The van der Waals surface area contributed by atoms with Crippen LogP contribution in [0.3, 0.4) is 0 Å². The largest absolute Gasteiger partial charge is 0.468 e. The first-order chi connectivity index (χ1) is 16.0. The molecule has 3 rings (SSSR count). The number of benzene rings is 2. The van der Waals surface area contributed by atoms with E-state index in [2.05, 4.69) is 5.32 Å². The number of ether oxygens (including phenoxy) is 3. The molecular weight excluding hydrogens is 440 g/mol. The van der Waals surface area contributed by atoms with E-state index in [0.29, 0.717) is 11.3 Å². The summed E-state index contributed by atoms with van der Waals surface area (Å²) in [4.78, 5) is 54.3. The molecule has 0 fully saturated rings. The fraction of sp³-hybridized carbons (Fsp3) is 0.360. The maximum atomic E-state index is 13.9. The summed E-state index contributed by atoms with van der Waals surface area (Å²) < 4.78 is 15.5. The molecule has 0 bridgehead atoms. The van der Waals surface area contributed by atoms with Gasteiger partial charge in [-0.2, -0.15) is 0 Å². The van der Waals surface area contributed by atoms with E-state index in [1.54, 1.807) is 64.2 Å². The molecule has 1 heterocycles. The van der Waals surface area contributed by atoms with Gasteiger partial charge in [-0.25, -0.2) is 9.59 Å². The van der Waals surface area contributed by atoms with E-state index in [1.165, 1.54) is 31.3 Å². The maximum absolute atomic E-state index is 13.9. The highest BCUT2D eigenvalue weighted by Gasteiger charge is 2.60. The molecule has 9 nitrogen and oxygen atoms in total. The van der Waals surface area contributed by atoms with E-state index in [1.807, 2.05) is 0 Å². The fourth-order valence-corrected chi connectivity index (χ4v) is 4.22. The van der Waals surface area contributed by atoms with Crippen LogP contribution in [0.25, 0.3) is 0 Å². The third-order valence-electron chi connectivity index (χ3n) is 5.58. The zero-order valence-corrected chi connectivity index (χ0v) is 20.0. The molecule has 1 N–H and O–H groups in total. The Bertz CT molecular complexity index is 1140. The quantitative estimate of drug-likeness (QED) is 0.530. The number of nitrogens with one attached hydrogen (secondary N) is 1. The van der Waals surface area contributed by atoms with Crippen LogP contribution in [0.2, 0.25) is 0 Å². The minimum absolute atomic E-state index is 0.0607. The van der Waals surface area contributed by atoms with Crippen molar-refractivity contribution in [3.8, 4) is 0 Å². The van der Waals surface area contributed by atoms with Crippen LogP contribution in [0.1, 0.15) is 48.2 Å². The summed E-state index contributed by atoms with van der Waals surface area (Å²) in [5, 5.41) is 2.68. The van der Waals surface area contributed by atoms with Gasteiger partial charge in [0.2, 0.25) is 0 Å². The van der Waals surface area contributed by atoms with Gasteiger partial charge >= 0.3 is 18.0 Å². The minimum atomic E-state index is -1.95. The smallest absolute Gasteiger partial charge is 0.408 e. The lowest BCUT2D eigenvalue weighted by Crippen LogP contribution is -2.59. The molecule has 1 aliphatic heterocycles. The molecule has 0 saturated carbocycles. The highest BCUT2D eigenvalue weighted by Crippen LogP contribution is 2.49. The molecular formula is C25H28N2O7. The third kappa shape index (κ3) is 4.21. The highest BCUT2D eigenvalue weighted by molar-refractivity contribution is 6.12. The van der Waals surface area contributed by atoms with Crippen molar-refractivity contribution in [3.63, 3.8) is 0 Å². The van der Waals surface area contributed by atoms with E-state index in [-0.39, 0.29) is 11.1 Å². The van der Waals surface area contributed by atoms with E-state index in [9.17, 15) is 19.2 Å². The van der Waals surface area contributed by atoms with Crippen LogP contribution in [-0.4, -0.2) is 50.8 Å². The van der Waals surface area contributed by atoms with Gasteiger partial charge in [0.1, 0.15) is 11.5 Å². The van der Waals surface area contributed by atoms with Crippen molar-refractivity contribution in [1.29, 1.82) is 0 Å². The van der Waals surface area contributed by atoms with Crippen LogP contribution in [0.4, 0.5) is 10.5 Å². The number of esters is 2. The van der Waals surface area contributed by atoms with Crippen LogP contribution in [0.5, 0.6) is 0 Å². The van der Waals surface area contributed by atoms with E-state index < -0.39 is 41.0 Å².